The minimum Gasteiger partial charge on any atom is -0.324 e. The fourth-order valence-corrected chi connectivity index (χ4v) is 3.92. The Morgan fingerprint density at radius 3 is 2.37 bits per heavy atom. The number of hydrogen-bond acceptors (Lipinski definition) is 5. The molecule has 2 rings (SSSR count). The number of nitrogens with zero attached hydrogens (tertiary/aromatic N) is 2. The standard InChI is InChI=1S/C18H21N3O5S/c1-4-17(20(27(3,25)26)14-8-6-5-7-9-14)18(22)19-16-12-15(21(23)24)11-10-13(16)2/h5-12,17H,4H2,1-3H3,(H,19,22). The molecule has 0 spiro atoms. The molecule has 0 aliphatic rings. The molecule has 2 aromatic rings. The number of carbonyl (C=O) groups is 1. The monoisotopic (exact) mass is 391 g/mol. The highest BCUT2D eigenvalue weighted by Crippen LogP contribution is 2.25. The lowest BCUT2D eigenvalue weighted by atomic mass is 10.1. The van der Waals surface area contributed by atoms with Gasteiger partial charge in [0, 0.05) is 12.1 Å². The largest absolute Gasteiger partial charge is 0.324 e. The number of anilines is 2. The third-order valence-electron chi connectivity index (χ3n) is 4.03. The molecule has 1 amide bonds. The van der Waals surface area contributed by atoms with Crippen molar-refractivity contribution in [3.8, 4) is 0 Å². The summed E-state index contributed by atoms with van der Waals surface area (Å²) in [5.74, 6) is -0.560. The van der Waals surface area contributed by atoms with Gasteiger partial charge in [0.15, 0.2) is 0 Å². The van der Waals surface area contributed by atoms with Gasteiger partial charge >= 0.3 is 0 Å². The highest BCUT2D eigenvalue weighted by molar-refractivity contribution is 7.92. The van der Waals surface area contributed by atoms with Crippen molar-refractivity contribution in [1.29, 1.82) is 0 Å². The first kappa shape index (κ1) is 20.4. The van der Waals surface area contributed by atoms with E-state index >= 15 is 0 Å². The smallest absolute Gasteiger partial charge is 0.271 e. The van der Waals surface area contributed by atoms with Crippen LogP contribution < -0.4 is 9.62 Å². The van der Waals surface area contributed by atoms with E-state index in [1.807, 2.05) is 0 Å². The molecule has 0 bridgehead atoms. The minimum absolute atomic E-state index is 0.160. The van der Waals surface area contributed by atoms with Crippen molar-refractivity contribution in [2.45, 2.75) is 26.3 Å². The van der Waals surface area contributed by atoms with E-state index in [1.165, 1.54) is 18.2 Å². The molecule has 0 fully saturated rings. The SMILES string of the molecule is CCC(C(=O)Nc1cc([N+](=O)[O-])ccc1C)N(c1ccccc1)S(C)(=O)=O. The summed E-state index contributed by atoms with van der Waals surface area (Å²) in [6.45, 7) is 3.40. The van der Waals surface area contributed by atoms with E-state index in [9.17, 15) is 23.3 Å². The highest BCUT2D eigenvalue weighted by atomic mass is 32.2. The zero-order valence-corrected chi connectivity index (χ0v) is 16.1. The second-order valence-corrected chi connectivity index (χ2v) is 7.92. The van der Waals surface area contributed by atoms with Gasteiger partial charge in [-0.3, -0.25) is 19.2 Å². The van der Waals surface area contributed by atoms with Crippen LogP contribution in [0.25, 0.3) is 0 Å². The van der Waals surface area contributed by atoms with Crippen LogP contribution in [0.1, 0.15) is 18.9 Å². The molecule has 1 unspecified atom stereocenters. The lowest BCUT2D eigenvalue weighted by molar-refractivity contribution is -0.384. The lowest BCUT2D eigenvalue weighted by Crippen LogP contribution is -2.47. The number of benzene rings is 2. The molecule has 0 heterocycles. The van der Waals surface area contributed by atoms with Crippen molar-refractivity contribution < 1.29 is 18.1 Å². The van der Waals surface area contributed by atoms with Crippen LogP contribution in [0, 0.1) is 17.0 Å². The Hall–Kier alpha value is -2.94. The van der Waals surface area contributed by atoms with Crippen LogP contribution in [-0.2, 0) is 14.8 Å². The van der Waals surface area contributed by atoms with Gasteiger partial charge in [-0.2, -0.15) is 0 Å². The molecule has 1 atom stereocenters. The Balaban J connectivity index is 2.40. The molecule has 0 aliphatic heterocycles. The molecule has 0 aromatic heterocycles. The van der Waals surface area contributed by atoms with Crippen molar-refractivity contribution in [2.75, 3.05) is 15.9 Å². The number of sulfonamides is 1. The van der Waals surface area contributed by atoms with Crippen LogP contribution >= 0.6 is 0 Å². The maximum atomic E-state index is 12.9. The first-order valence-corrected chi connectivity index (χ1v) is 10.1. The molecule has 2 aromatic carbocycles. The summed E-state index contributed by atoms with van der Waals surface area (Å²) >= 11 is 0. The maximum absolute atomic E-state index is 12.9. The fourth-order valence-electron chi connectivity index (χ4n) is 2.71. The van der Waals surface area contributed by atoms with E-state index < -0.39 is 26.9 Å². The Morgan fingerprint density at radius 1 is 1.22 bits per heavy atom. The van der Waals surface area contributed by atoms with Crippen molar-refractivity contribution in [3.05, 3.63) is 64.2 Å². The predicted octanol–water partition coefficient (Wildman–Crippen LogP) is 3.09. The quantitative estimate of drug-likeness (QED) is 0.576. The first-order chi connectivity index (χ1) is 12.6. The molecule has 0 saturated heterocycles. The third kappa shape index (κ3) is 4.82. The van der Waals surface area contributed by atoms with E-state index in [0.717, 1.165) is 10.6 Å². The zero-order valence-electron chi connectivity index (χ0n) is 15.2. The number of carbonyl (C=O) groups excluding carboxylic acids is 1. The van der Waals surface area contributed by atoms with Gasteiger partial charge in [-0.25, -0.2) is 8.42 Å². The number of para-hydroxylation sites is 1. The van der Waals surface area contributed by atoms with Gasteiger partial charge in [0.25, 0.3) is 5.69 Å². The Morgan fingerprint density at radius 2 is 1.85 bits per heavy atom. The second-order valence-electron chi connectivity index (χ2n) is 6.06. The average Bonchev–Trinajstić information content (AvgIpc) is 2.60. The van der Waals surface area contributed by atoms with E-state index in [-0.39, 0.29) is 17.8 Å². The third-order valence-corrected chi connectivity index (χ3v) is 5.21. The van der Waals surface area contributed by atoms with Gasteiger partial charge in [-0.05, 0) is 31.0 Å². The molecular formula is C18H21N3O5S. The number of nitro benzene ring substituents is 1. The fraction of sp³-hybridized carbons (Fsp3) is 0.278. The van der Waals surface area contributed by atoms with Crippen molar-refractivity contribution in [1.82, 2.24) is 0 Å². The molecule has 0 radical (unpaired) electrons. The Kier molecular flexibility index (Phi) is 6.17. The molecule has 144 valence electrons. The molecule has 9 heteroatoms. The number of hydrogen-bond donors (Lipinski definition) is 1. The van der Waals surface area contributed by atoms with E-state index in [0.29, 0.717) is 11.3 Å². The number of nitrogens with one attached hydrogen (secondary N) is 1. The van der Waals surface area contributed by atoms with Gasteiger partial charge in [-0.15, -0.1) is 0 Å². The van der Waals surface area contributed by atoms with Gasteiger partial charge in [0.05, 0.1) is 22.6 Å². The van der Waals surface area contributed by atoms with Crippen LogP contribution in [0.5, 0.6) is 0 Å². The normalized spacial score (nSPS) is 12.3. The van der Waals surface area contributed by atoms with E-state index in [2.05, 4.69) is 5.32 Å². The first-order valence-electron chi connectivity index (χ1n) is 8.25. The summed E-state index contributed by atoms with van der Waals surface area (Å²) in [5.41, 5.74) is 1.12. The van der Waals surface area contributed by atoms with Crippen LogP contribution in [0.4, 0.5) is 17.1 Å². The van der Waals surface area contributed by atoms with Crippen molar-refractivity contribution in [3.63, 3.8) is 0 Å². The predicted molar refractivity (Wildman–Crippen MR) is 104 cm³/mol. The van der Waals surface area contributed by atoms with Crippen LogP contribution in [0.3, 0.4) is 0 Å². The number of amides is 1. The number of non-ortho nitro benzene ring substituents is 1. The molecule has 0 saturated carbocycles. The summed E-state index contributed by atoms with van der Waals surface area (Å²) in [4.78, 5) is 23.3. The van der Waals surface area contributed by atoms with Gasteiger partial charge in [-0.1, -0.05) is 31.2 Å². The number of aryl methyl sites for hydroxylation is 1. The van der Waals surface area contributed by atoms with Crippen LogP contribution in [-0.4, -0.2) is 31.5 Å². The number of rotatable bonds is 7. The lowest BCUT2D eigenvalue weighted by Gasteiger charge is -2.30. The minimum atomic E-state index is -3.73. The Bertz CT molecular complexity index is 945. The summed E-state index contributed by atoms with van der Waals surface area (Å²) < 4.78 is 25.8. The molecule has 27 heavy (non-hydrogen) atoms. The van der Waals surface area contributed by atoms with Gasteiger partial charge in [0.1, 0.15) is 6.04 Å². The maximum Gasteiger partial charge on any atom is 0.271 e. The summed E-state index contributed by atoms with van der Waals surface area (Å²) in [6.07, 6.45) is 1.26. The van der Waals surface area contributed by atoms with Crippen molar-refractivity contribution >= 4 is 33.0 Å². The van der Waals surface area contributed by atoms with Gasteiger partial charge < -0.3 is 5.32 Å². The van der Waals surface area contributed by atoms with Gasteiger partial charge in [0.2, 0.25) is 15.9 Å². The molecule has 1 N–H and O–H groups in total. The van der Waals surface area contributed by atoms with Crippen LogP contribution in [0.2, 0.25) is 0 Å². The summed E-state index contributed by atoms with van der Waals surface area (Å²) in [7, 11) is -3.73. The Labute approximate surface area is 158 Å². The average molecular weight is 391 g/mol. The molecule has 8 nitrogen and oxygen atoms in total. The van der Waals surface area contributed by atoms with Crippen molar-refractivity contribution in [2.24, 2.45) is 0 Å². The van der Waals surface area contributed by atoms with Crippen LogP contribution in [0.15, 0.2) is 48.5 Å². The van der Waals surface area contributed by atoms with E-state index in [1.54, 1.807) is 44.2 Å². The van der Waals surface area contributed by atoms with E-state index in [4.69, 9.17) is 0 Å². The molecule has 0 aliphatic carbocycles. The highest BCUT2D eigenvalue weighted by Gasteiger charge is 2.31. The second kappa shape index (κ2) is 8.17. The summed E-state index contributed by atoms with van der Waals surface area (Å²) in [6, 6.07) is 11.5. The molecular weight excluding hydrogens is 370 g/mol. The zero-order chi connectivity index (χ0) is 20.2. The number of nitro groups is 1. The topological polar surface area (TPSA) is 110 Å². The summed E-state index contributed by atoms with van der Waals surface area (Å²) in [5, 5.41) is 13.6.